The van der Waals surface area contributed by atoms with E-state index in [1.54, 1.807) is 6.07 Å². The summed E-state index contributed by atoms with van der Waals surface area (Å²) >= 11 is 5.93. The van der Waals surface area contributed by atoms with E-state index in [-0.39, 0.29) is 16.7 Å². The van der Waals surface area contributed by atoms with Crippen LogP contribution in [0.1, 0.15) is 13.3 Å². The topological polar surface area (TPSA) is 72.4 Å². The van der Waals surface area contributed by atoms with Gasteiger partial charge in [0, 0.05) is 30.2 Å². The molecule has 2 rings (SSSR count). The Morgan fingerprint density at radius 2 is 2.22 bits per heavy atom. The van der Waals surface area contributed by atoms with E-state index in [0.29, 0.717) is 23.2 Å². The van der Waals surface area contributed by atoms with Gasteiger partial charge in [0.25, 0.3) is 5.69 Å². The molecule has 2 unspecified atom stereocenters. The minimum absolute atomic E-state index is 0.0485. The molecule has 0 amide bonds. The van der Waals surface area contributed by atoms with Crippen LogP contribution in [-0.2, 0) is 0 Å². The molecule has 2 atom stereocenters. The highest BCUT2D eigenvalue weighted by atomic mass is 35.5. The normalized spacial score (nSPS) is 24.1. The molecule has 98 valence electrons. The van der Waals surface area contributed by atoms with Crippen LogP contribution < -0.4 is 10.6 Å². The zero-order valence-corrected chi connectivity index (χ0v) is 10.9. The number of nitrogens with zero attached hydrogens (tertiary/aromatic N) is 2. The number of benzene rings is 1. The Labute approximate surface area is 111 Å². The second kappa shape index (κ2) is 5.12. The number of piperidine rings is 1. The van der Waals surface area contributed by atoms with Crippen molar-refractivity contribution in [3.05, 3.63) is 33.3 Å². The number of hydrogen-bond donors (Lipinski definition) is 1. The molecule has 1 fully saturated rings. The number of halogens is 1. The average molecular weight is 270 g/mol. The molecule has 0 spiro atoms. The van der Waals surface area contributed by atoms with Crippen LogP contribution >= 0.6 is 11.6 Å². The lowest BCUT2D eigenvalue weighted by molar-refractivity contribution is -0.384. The Balaban J connectivity index is 2.36. The van der Waals surface area contributed by atoms with Crippen LogP contribution in [-0.4, -0.2) is 24.1 Å². The van der Waals surface area contributed by atoms with Crippen LogP contribution in [0, 0.1) is 16.0 Å². The van der Waals surface area contributed by atoms with Crippen molar-refractivity contribution in [1.82, 2.24) is 0 Å². The molecule has 5 nitrogen and oxygen atoms in total. The maximum atomic E-state index is 11.0. The summed E-state index contributed by atoms with van der Waals surface area (Å²) in [7, 11) is 0. The van der Waals surface area contributed by atoms with Gasteiger partial charge >= 0.3 is 0 Å². The summed E-state index contributed by atoms with van der Waals surface area (Å²) in [5.74, 6) is 0.423. The van der Waals surface area contributed by atoms with Gasteiger partial charge in [0.1, 0.15) is 5.69 Å². The molecule has 0 radical (unpaired) electrons. The molecule has 18 heavy (non-hydrogen) atoms. The van der Waals surface area contributed by atoms with Crippen LogP contribution in [0.15, 0.2) is 18.2 Å². The fraction of sp³-hybridized carbons (Fsp3) is 0.500. The maximum Gasteiger partial charge on any atom is 0.292 e. The molecule has 0 bridgehead atoms. The third-order valence-corrected chi connectivity index (χ3v) is 3.40. The highest BCUT2D eigenvalue weighted by molar-refractivity contribution is 6.31. The molecule has 1 aliphatic rings. The Kier molecular flexibility index (Phi) is 3.73. The molecular weight excluding hydrogens is 254 g/mol. The van der Waals surface area contributed by atoms with Crippen molar-refractivity contribution in [1.29, 1.82) is 0 Å². The number of nitrogens with two attached hydrogens (primary N) is 1. The summed E-state index contributed by atoms with van der Waals surface area (Å²) in [6.45, 7) is 3.50. The number of anilines is 1. The van der Waals surface area contributed by atoms with Gasteiger partial charge in [-0.05, 0) is 24.5 Å². The Morgan fingerprint density at radius 3 is 2.83 bits per heavy atom. The van der Waals surface area contributed by atoms with Gasteiger partial charge in [-0.3, -0.25) is 10.1 Å². The van der Waals surface area contributed by atoms with Crippen molar-refractivity contribution < 1.29 is 4.92 Å². The van der Waals surface area contributed by atoms with Gasteiger partial charge < -0.3 is 10.6 Å². The highest BCUT2D eigenvalue weighted by Crippen LogP contribution is 2.33. The molecule has 0 aromatic heterocycles. The van der Waals surface area contributed by atoms with Crippen molar-refractivity contribution >= 4 is 23.0 Å². The van der Waals surface area contributed by atoms with Crippen molar-refractivity contribution in [3.63, 3.8) is 0 Å². The summed E-state index contributed by atoms with van der Waals surface area (Å²) in [5.41, 5.74) is 6.62. The van der Waals surface area contributed by atoms with E-state index < -0.39 is 0 Å². The van der Waals surface area contributed by atoms with Gasteiger partial charge in [-0.15, -0.1) is 0 Å². The quantitative estimate of drug-likeness (QED) is 0.661. The maximum absolute atomic E-state index is 11.0. The fourth-order valence-corrected chi connectivity index (χ4v) is 2.67. The Bertz CT molecular complexity index is 457. The molecular formula is C12H16ClN3O2. The smallest absolute Gasteiger partial charge is 0.292 e. The third kappa shape index (κ3) is 2.73. The van der Waals surface area contributed by atoms with Gasteiger partial charge in [0.2, 0.25) is 0 Å². The van der Waals surface area contributed by atoms with E-state index in [2.05, 4.69) is 6.92 Å². The van der Waals surface area contributed by atoms with E-state index in [0.717, 1.165) is 13.0 Å². The molecule has 1 aromatic carbocycles. The lowest BCUT2D eigenvalue weighted by Gasteiger charge is -2.36. The molecule has 0 saturated carbocycles. The highest BCUT2D eigenvalue weighted by Gasteiger charge is 2.27. The lowest BCUT2D eigenvalue weighted by Crippen LogP contribution is -2.46. The lowest BCUT2D eigenvalue weighted by atomic mass is 9.96. The minimum atomic E-state index is -0.379. The molecule has 1 aromatic rings. The SMILES string of the molecule is CC1CC(N)CN(c2cc(Cl)ccc2[N+](=O)[O-])C1. The van der Waals surface area contributed by atoms with Crippen LogP contribution in [0.4, 0.5) is 11.4 Å². The average Bonchev–Trinajstić information content (AvgIpc) is 2.27. The monoisotopic (exact) mass is 269 g/mol. The summed E-state index contributed by atoms with van der Waals surface area (Å²) in [6.07, 6.45) is 0.949. The van der Waals surface area contributed by atoms with Gasteiger partial charge in [0.05, 0.1) is 4.92 Å². The molecule has 1 saturated heterocycles. The number of hydrogen-bond acceptors (Lipinski definition) is 4. The van der Waals surface area contributed by atoms with Gasteiger partial charge in [-0.1, -0.05) is 18.5 Å². The van der Waals surface area contributed by atoms with E-state index in [1.807, 2.05) is 4.90 Å². The Morgan fingerprint density at radius 1 is 1.50 bits per heavy atom. The zero-order valence-electron chi connectivity index (χ0n) is 10.2. The molecule has 1 heterocycles. The van der Waals surface area contributed by atoms with E-state index >= 15 is 0 Å². The van der Waals surface area contributed by atoms with Crippen LogP contribution in [0.2, 0.25) is 5.02 Å². The van der Waals surface area contributed by atoms with E-state index in [4.69, 9.17) is 17.3 Å². The van der Waals surface area contributed by atoms with Crippen molar-refractivity contribution in [2.24, 2.45) is 11.7 Å². The first-order valence-corrected chi connectivity index (χ1v) is 6.29. The summed E-state index contributed by atoms with van der Waals surface area (Å²) in [5, 5.41) is 11.5. The molecule has 1 aliphatic heterocycles. The first kappa shape index (κ1) is 13.1. The fourth-order valence-electron chi connectivity index (χ4n) is 2.50. The number of nitro groups is 1. The van der Waals surface area contributed by atoms with Gasteiger partial charge in [-0.2, -0.15) is 0 Å². The molecule has 2 N–H and O–H groups in total. The zero-order chi connectivity index (χ0) is 13.3. The second-order valence-corrected chi connectivity index (χ2v) is 5.33. The van der Waals surface area contributed by atoms with Crippen LogP contribution in [0.3, 0.4) is 0 Å². The van der Waals surface area contributed by atoms with Crippen molar-refractivity contribution in [2.45, 2.75) is 19.4 Å². The third-order valence-electron chi connectivity index (χ3n) is 3.17. The first-order chi connectivity index (χ1) is 8.47. The summed E-state index contributed by atoms with van der Waals surface area (Å²) < 4.78 is 0. The number of nitro benzene ring substituents is 1. The number of rotatable bonds is 2. The van der Waals surface area contributed by atoms with Crippen LogP contribution in [0.5, 0.6) is 0 Å². The van der Waals surface area contributed by atoms with E-state index in [9.17, 15) is 10.1 Å². The Hall–Kier alpha value is -1.33. The predicted octanol–water partition coefficient (Wildman–Crippen LogP) is 2.42. The minimum Gasteiger partial charge on any atom is -0.364 e. The second-order valence-electron chi connectivity index (χ2n) is 4.90. The molecule has 0 aliphatic carbocycles. The van der Waals surface area contributed by atoms with Crippen LogP contribution in [0.25, 0.3) is 0 Å². The van der Waals surface area contributed by atoms with Gasteiger partial charge in [0.15, 0.2) is 0 Å². The molecule has 6 heteroatoms. The van der Waals surface area contributed by atoms with E-state index in [1.165, 1.54) is 12.1 Å². The van der Waals surface area contributed by atoms with Crippen molar-refractivity contribution in [3.8, 4) is 0 Å². The van der Waals surface area contributed by atoms with Crippen molar-refractivity contribution in [2.75, 3.05) is 18.0 Å². The predicted molar refractivity (Wildman–Crippen MR) is 72.1 cm³/mol. The standard InChI is InChI=1S/C12H16ClN3O2/c1-8-4-10(14)7-15(6-8)12-5-9(13)2-3-11(12)16(17)18/h2-3,5,8,10H,4,6-7,14H2,1H3. The first-order valence-electron chi connectivity index (χ1n) is 5.92. The summed E-state index contributed by atoms with van der Waals surface area (Å²) in [4.78, 5) is 12.6. The largest absolute Gasteiger partial charge is 0.364 e. The summed E-state index contributed by atoms with van der Waals surface area (Å²) in [6, 6.07) is 4.68. The van der Waals surface area contributed by atoms with Gasteiger partial charge in [-0.25, -0.2) is 0 Å².